The van der Waals surface area contributed by atoms with Gasteiger partial charge in [0.05, 0.1) is 0 Å². The van der Waals surface area contributed by atoms with Gasteiger partial charge in [-0.2, -0.15) is 0 Å². The fourth-order valence-electron chi connectivity index (χ4n) is 2.54. The number of nitrogens with zero attached hydrogens (tertiary/aromatic N) is 2. The Morgan fingerprint density at radius 1 is 1.35 bits per heavy atom. The first-order valence-electron chi connectivity index (χ1n) is 7.54. The Labute approximate surface area is 121 Å². The SMILES string of the molecule is CC(C)C(=O)NCC1CCN(Cc2ccncc2)CC1. The predicted molar refractivity (Wildman–Crippen MR) is 80.1 cm³/mol. The Morgan fingerprint density at radius 2 is 2.00 bits per heavy atom. The molecule has 0 aromatic carbocycles. The first kappa shape index (κ1) is 15.0. The van der Waals surface area contributed by atoms with Crippen molar-refractivity contribution in [3.8, 4) is 0 Å². The van der Waals surface area contributed by atoms with Gasteiger partial charge in [-0.3, -0.25) is 14.7 Å². The number of rotatable bonds is 5. The van der Waals surface area contributed by atoms with Crippen LogP contribution >= 0.6 is 0 Å². The molecule has 0 spiro atoms. The van der Waals surface area contributed by atoms with Crippen LogP contribution in [0.5, 0.6) is 0 Å². The quantitative estimate of drug-likeness (QED) is 0.894. The van der Waals surface area contributed by atoms with Crippen LogP contribution in [0.15, 0.2) is 24.5 Å². The van der Waals surface area contributed by atoms with Crippen molar-refractivity contribution in [2.24, 2.45) is 11.8 Å². The standard InChI is InChI=1S/C16H25N3O/c1-13(2)16(20)18-11-14-5-9-19(10-6-14)12-15-3-7-17-8-4-15/h3-4,7-8,13-14H,5-6,9-12H2,1-2H3,(H,18,20). The number of carbonyl (C=O) groups is 1. The molecule has 4 nitrogen and oxygen atoms in total. The van der Waals surface area contributed by atoms with Crippen molar-refractivity contribution in [3.63, 3.8) is 0 Å². The minimum absolute atomic E-state index is 0.0850. The van der Waals surface area contributed by atoms with Gasteiger partial charge in [0.2, 0.25) is 5.91 Å². The van der Waals surface area contributed by atoms with E-state index in [4.69, 9.17) is 0 Å². The van der Waals surface area contributed by atoms with E-state index < -0.39 is 0 Å². The predicted octanol–water partition coefficient (Wildman–Crippen LogP) is 2.07. The van der Waals surface area contributed by atoms with Crippen LogP contribution in [0.2, 0.25) is 0 Å². The van der Waals surface area contributed by atoms with E-state index in [1.54, 1.807) is 0 Å². The van der Waals surface area contributed by atoms with Crippen molar-refractivity contribution in [1.29, 1.82) is 0 Å². The van der Waals surface area contributed by atoms with E-state index >= 15 is 0 Å². The molecule has 1 amide bonds. The average molecular weight is 275 g/mol. The Balaban J connectivity index is 1.69. The summed E-state index contributed by atoms with van der Waals surface area (Å²) in [5.74, 6) is 0.886. The summed E-state index contributed by atoms with van der Waals surface area (Å²) in [5.41, 5.74) is 1.33. The van der Waals surface area contributed by atoms with Crippen molar-refractivity contribution in [2.45, 2.75) is 33.2 Å². The van der Waals surface area contributed by atoms with Gasteiger partial charge in [-0.05, 0) is 49.5 Å². The molecule has 2 heterocycles. The van der Waals surface area contributed by atoms with Gasteiger partial charge in [-0.15, -0.1) is 0 Å². The second kappa shape index (κ2) is 7.39. The van der Waals surface area contributed by atoms with Gasteiger partial charge < -0.3 is 5.32 Å². The minimum Gasteiger partial charge on any atom is -0.356 e. The molecule has 0 atom stereocenters. The van der Waals surface area contributed by atoms with E-state index in [2.05, 4.69) is 27.3 Å². The van der Waals surface area contributed by atoms with Crippen molar-refractivity contribution < 1.29 is 4.79 Å². The lowest BCUT2D eigenvalue weighted by Crippen LogP contribution is -2.39. The van der Waals surface area contributed by atoms with Crippen LogP contribution in [0.4, 0.5) is 0 Å². The van der Waals surface area contributed by atoms with Crippen LogP contribution in [-0.4, -0.2) is 35.4 Å². The molecule has 0 radical (unpaired) electrons. The fraction of sp³-hybridized carbons (Fsp3) is 0.625. The van der Waals surface area contributed by atoms with Crippen molar-refractivity contribution in [3.05, 3.63) is 30.1 Å². The summed E-state index contributed by atoms with van der Waals surface area (Å²) < 4.78 is 0. The smallest absolute Gasteiger partial charge is 0.222 e. The Morgan fingerprint density at radius 3 is 2.60 bits per heavy atom. The lowest BCUT2D eigenvalue weighted by Gasteiger charge is -2.32. The van der Waals surface area contributed by atoms with Gasteiger partial charge in [0.15, 0.2) is 0 Å². The van der Waals surface area contributed by atoms with E-state index in [9.17, 15) is 4.79 Å². The first-order chi connectivity index (χ1) is 9.65. The largest absolute Gasteiger partial charge is 0.356 e. The monoisotopic (exact) mass is 275 g/mol. The second-order valence-corrected chi connectivity index (χ2v) is 5.97. The number of carbonyl (C=O) groups excluding carboxylic acids is 1. The Kier molecular flexibility index (Phi) is 5.53. The molecule has 20 heavy (non-hydrogen) atoms. The van der Waals surface area contributed by atoms with E-state index in [0.29, 0.717) is 5.92 Å². The maximum absolute atomic E-state index is 11.6. The number of likely N-dealkylation sites (tertiary alicyclic amines) is 1. The van der Waals surface area contributed by atoms with E-state index in [0.717, 1.165) is 26.2 Å². The second-order valence-electron chi connectivity index (χ2n) is 5.97. The highest BCUT2D eigenvalue weighted by Gasteiger charge is 2.20. The number of hydrogen-bond acceptors (Lipinski definition) is 3. The summed E-state index contributed by atoms with van der Waals surface area (Å²) in [4.78, 5) is 18.1. The maximum atomic E-state index is 11.6. The topological polar surface area (TPSA) is 45.2 Å². The third-order valence-electron chi connectivity index (χ3n) is 3.95. The molecule has 0 saturated carbocycles. The molecule has 1 N–H and O–H groups in total. The average Bonchev–Trinajstić information content (AvgIpc) is 2.47. The van der Waals surface area contributed by atoms with Crippen LogP contribution in [-0.2, 0) is 11.3 Å². The number of amides is 1. The highest BCUT2D eigenvalue weighted by molar-refractivity contribution is 5.77. The fourth-order valence-corrected chi connectivity index (χ4v) is 2.54. The molecular weight excluding hydrogens is 250 g/mol. The van der Waals surface area contributed by atoms with Crippen LogP contribution in [0.3, 0.4) is 0 Å². The molecule has 1 aliphatic rings. The Bertz CT molecular complexity index is 411. The minimum atomic E-state index is 0.0850. The lowest BCUT2D eigenvalue weighted by atomic mass is 9.96. The Hall–Kier alpha value is -1.42. The van der Waals surface area contributed by atoms with Crippen LogP contribution in [0.25, 0.3) is 0 Å². The molecule has 1 aromatic rings. The summed E-state index contributed by atoms with van der Waals surface area (Å²) >= 11 is 0. The van der Waals surface area contributed by atoms with Gasteiger partial charge >= 0.3 is 0 Å². The molecule has 1 aromatic heterocycles. The van der Waals surface area contributed by atoms with E-state index in [-0.39, 0.29) is 11.8 Å². The van der Waals surface area contributed by atoms with Gasteiger partial charge in [0.1, 0.15) is 0 Å². The molecule has 0 aliphatic carbocycles. The zero-order chi connectivity index (χ0) is 14.4. The molecular formula is C16H25N3O. The summed E-state index contributed by atoms with van der Waals surface area (Å²) in [6.45, 7) is 7.95. The third-order valence-corrected chi connectivity index (χ3v) is 3.95. The molecule has 0 bridgehead atoms. The van der Waals surface area contributed by atoms with Crippen LogP contribution < -0.4 is 5.32 Å². The van der Waals surface area contributed by atoms with Gasteiger partial charge in [-0.25, -0.2) is 0 Å². The highest BCUT2D eigenvalue weighted by atomic mass is 16.1. The molecule has 1 fully saturated rings. The molecule has 1 saturated heterocycles. The first-order valence-corrected chi connectivity index (χ1v) is 7.54. The zero-order valence-electron chi connectivity index (χ0n) is 12.5. The van der Waals surface area contributed by atoms with Gasteiger partial charge in [-0.1, -0.05) is 13.8 Å². The van der Waals surface area contributed by atoms with Crippen molar-refractivity contribution in [1.82, 2.24) is 15.2 Å². The van der Waals surface area contributed by atoms with E-state index in [1.165, 1.54) is 18.4 Å². The summed E-state index contributed by atoms with van der Waals surface area (Å²) in [7, 11) is 0. The summed E-state index contributed by atoms with van der Waals surface area (Å²) in [5, 5.41) is 3.05. The summed E-state index contributed by atoms with van der Waals surface area (Å²) in [6, 6.07) is 4.16. The van der Waals surface area contributed by atoms with Crippen LogP contribution in [0.1, 0.15) is 32.3 Å². The number of nitrogens with one attached hydrogen (secondary N) is 1. The molecule has 4 heteroatoms. The number of piperidine rings is 1. The third kappa shape index (κ3) is 4.60. The van der Waals surface area contributed by atoms with Crippen molar-refractivity contribution >= 4 is 5.91 Å². The molecule has 0 unspecified atom stereocenters. The van der Waals surface area contributed by atoms with Gasteiger partial charge in [0.25, 0.3) is 0 Å². The number of hydrogen-bond donors (Lipinski definition) is 1. The highest BCUT2D eigenvalue weighted by Crippen LogP contribution is 2.18. The maximum Gasteiger partial charge on any atom is 0.222 e. The molecule has 110 valence electrons. The van der Waals surface area contributed by atoms with E-state index in [1.807, 2.05) is 26.2 Å². The zero-order valence-corrected chi connectivity index (χ0v) is 12.5. The van der Waals surface area contributed by atoms with Crippen LogP contribution in [0, 0.1) is 11.8 Å². The molecule has 1 aliphatic heterocycles. The lowest BCUT2D eigenvalue weighted by molar-refractivity contribution is -0.124. The number of pyridine rings is 1. The molecule has 2 rings (SSSR count). The van der Waals surface area contributed by atoms with Crippen molar-refractivity contribution in [2.75, 3.05) is 19.6 Å². The number of aromatic nitrogens is 1. The summed E-state index contributed by atoms with van der Waals surface area (Å²) in [6.07, 6.45) is 6.04. The normalized spacial score (nSPS) is 17.4. The van der Waals surface area contributed by atoms with Gasteiger partial charge in [0, 0.05) is 31.4 Å².